The van der Waals surface area contributed by atoms with Gasteiger partial charge in [-0.05, 0) is 30.7 Å². The maximum atomic E-state index is 12.8. The lowest BCUT2D eigenvalue weighted by atomic mass is 10.2. The molecule has 0 aromatic heterocycles. The van der Waals surface area contributed by atoms with Gasteiger partial charge in [0.15, 0.2) is 0 Å². The van der Waals surface area contributed by atoms with Gasteiger partial charge in [0, 0.05) is 13.1 Å². The van der Waals surface area contributed by atoms with Crippen LogP contribution in [0.15, 0.2) is 24.3 Å². The molecular weight excluding hydrogens is 332 g/mol. The second-order valence-corrected chi connectivity index (χ2v) is 6.84. The maximum absolute atomic E-state index is 12.8. The summed E-state index contributed by atoms with van der Waals surface area (Å²) in [4.78, 5) is 28.5. The minimum absolute atomic E-state index is 0.134. The SMILES string of the molecule is CCCCCCOc1ccc(N2C(=O)C[C@@H](N3CCOCC3)C2=O)cc1. The van der Waals surface area contributed by atoms with Crippen molar-refractivity contribution < 1.29 is 19.1 Å². The molecule has 0 aliphatic carbocycles. The lowest BCUT2D eigenvalue weighted by molar-refractivity contribution is -0.123. The van der Waals surface area contributed by atoms with Gasteiger partial charge in [0.25, 0.3) is 5.91 Å². The highest BCUT2D eigenvalue weighted by Gasteiger charge is 2.42. The third-order valence-electron chi connectivity index (χ3n) is 4.97. The van der Waals surface area contributed by atoms with E-state index in [1.807, 2.05) is 12.1 Å². The number of nitrogens with zero attached hydrogens (tertiary/aromatic N) is 2. The van der Waals surface area contributed by atoms with E-state index in [4.69, 9.17) is 9.47 Å². The number of benzene rings is 1. The molecule has 1 aromatic rings. The first-order valence-electron chi connectivity index (χ1n) is 9.62. The van der Waals surface area contributed by atoms with Gasteiger partial charge in [0.05, 0.1) is 38.0 Å². The van der Waals surface area contributed by atoms with Crippen LogP contribution in [-0.2, 0) is 14.3 Å². The predicted molar refractivity (Wildman–Crippen MR) is 99.4 cm³/mol. The molecule has 2 fully saturated rings. The number of hydrogen-bond donors (Lipinski definition) is 0. The summed E-state index contributed by atoms with van der Waals surface area (Å²) in [7, 11) is 0. The van der Waals surface area contributed by atoms with Crippen molar-refractivity contribution in [3.05, 3.63) is 24.3 Å². The van der Waals surface area contributed by atoms with Crippen molar-refractivity contribution in [1.82, 2.24) is 4.90 Å². The van der Waals surface area contributed by atoms with Gasteiger partial charge in [-0.3, -0.25) is 14.5 Å². The molecule has 0 spiro atoms. The number of carbonyl (C=O) groups is 2. The number of unbranched alkanes of at least 4 members (excludes halogenated alkanes) is 3. The first kappa shape index (κ1) is 18.9. The zero-order valence-corrected chi connectivity index (χ0v) is 15.5. The summed E-state index contributed by atoms with van der Waals surface area (Å²) in [5.74, 6) is 0.499. The summed E-state index contributed by atoms with van der Waals surface area (Å²) < 4.78 is 11.1. The molecule has 142 valence electrons. The van der Waals surface area contributed by atoms with Gasteiger partial charge < -0.3 is 9.47 Å². The predicted octanol–water partition coefficient (Wildman–Crippen LogP) is 2.61. The van der Waals surface area contributed by atoms with Gasteiger partial charge in [-0.2, -0.15) is 0 Å². The average Bonchev–Trinajstić information content (AvgIpc) is 2.97. The first-order chi connectivity index (χ1) is 12.7. The van der Waals surface area contributed by atoms with E-state index in [-0.39, 0.29) is 24.3 Å². The van der Waals surface area contributed by atoms with Crippen LogP contribution in [0.3, 0.4) is 0 Å². The third-order valence-corrected chi connectivity index (χ3v) is 4.97. The molecule has 26 heavy (non-hydrogen) atoms. The Labute approximate surface area is 155 Å². The molecule has 0 saturated carbocycles. The zero-order valence-electron chi connectivity index (χ0n) is 15.5. The Morgan fingerprint density at radius 1 is 1.08 bits per heavy atom. The number of amides is 2. The zero-order chi connectivity index (χ0) is 18.4. The molecule has 2 saturated heterocycles. The van der Waals surface area contributed by atoms with Crippen LogP contribution in [0.4, 0.5) is 5.69 Å². The Morgan fingerprint density at radius 3 is 2.50 bits per heavy atom. The Hall–Kier alpha value is -1.92. The second kappa shape index (κ2) is 9.14. The van der Waals surface area contributed by atoms with Crippen LogP contribution < -0.4 is 9.64 Å². The molecule has 2 heterocycles. The van der Waals surface area contributed by atoms with Crippen LogP contribution in [0.1, 0.15) is 39.0 Å². The molecule has 2 aliphatic heterocycles. The van der Waals surface area contributed by atoms with Gasteiger partial charge in [0.2, 0.25) is 5.91 Å². The van der Waals surface area contributed by atoms with Crippen molar-refractivity contribution in [1.29, 1.82) is 0 Å². The molecule has 0 radical (unpaired) electrons. The van der Waals surface area contributed by atoms with Crippen LogP contribution in [0.5, 0.6) is 5.75 Å². The number of carbonyl (C=O) groups excluding carboxylic acids is 2. The molecule has 3 rings (SSSR count). The second-order valence-electron chi connectivity index (χ2n) is 6.84. The molecule has 6 heteroatoms. The fourth-order valence-electron chi connectivity index (χ4n) is 3.47. The highest BCUT2D eigenvalue weighted by Crippen LogP contribution is 2.27. The number of anilines is 1. The smallest absolute Gasteiger partial charge is 0.251 e. The van der Waals surface area contributed by atoms with Gasteiger partial charge in [-0.1, -0.05) is 26.2 Å². The van der Waals surface area contributed by atoms with E-state index in [2.05, 4.69) is 11.8 Å². The summed E-state index contributed by atoms with van der Waals surface area (Å²) >= 11 is 0. The minimum atomic E-state index is -0.360. The summed E-state index contributed by atoms with van der Waals surface area (Å²) in [6, 6.07) is 6.88. The highest BCUT2D eigenvalue weighted by molar-refractivity contribution is 6.22. The normalized spacial score (nSPS) is 21.4. The van der Waals surface area contributed by atoms with Crippen molar-refractivity contribution >= 4 is 17.5 Å². The van der Waals surface area contributed by atoms with Crippen molar-refractivity contribution in [3.8, 4) is 5.75 Å². The van der Waals surface area contributed by atoms with Crippen LogP contribution in [0.2, 0.25) is 0 Å². The Bertz CT molecular complexity index is 611. The largest absolute Gasteiger partial charge is 0.494 e. The Morgan fingerprint density at radius 2 is 1.81 bits per heavy atom. The first-order valence-corrected chi connectivity index (χ1v) is 9.62. The van der Waals surface area contributed by atoms with E-state index in [0.717, 1.165) is 12.2 Å². The van der Waals surface area contributed by atoms with Crippen LogP contribution >= 0.6 is 0 Å². The van der Waals surface area contributed by atoms with Crippen LogP contribution in [-0.4, -0.2) is 55.7 Å². The van der Waals surface area contributed by atoms with Gasteiger partial charge in [-0.25, -0.2) is 4.90 Å². The number of morpholine rings is 1. The lowest BCUT2D eigenvalue weighted by Gasteiger charge is -2.30. The monoisotopic (exact) mass is 360 g/mol. The van der Waals surface area contributed by atoms with E-state index in [9.17, 15) is 9.59 Å². The lowest BCUT2D eigenvalue weighted by Crippen LogP contribution is -2.47. The molecule has 2 amide bonds. The molecule has 0 bridgehead atoms. The minimum Gasteiger partial charge on any atom is -0.494 e. The third kappa shape index (κ3) is 4.43. The molecular formula is C20H28N2O4. The van der Waals surface area contributed by atoms with Crippen LogP contribution in [0.25, 0.3) is 0 Å². The fourth-order valence-corrected chi connectivity index (χ4v) is 3.47. The maximum Gasteiger partial charge on any atom is 0.251 e. The van der Waals surface area contributed by atoms with Crippen molar-refractivity contribution in [2.45, 2.75) is 45.1 Å². The van der Waals surface area contributed by atoms with Gasteiger partial charge >= 0.3 is 0 Å². The topological polar surface area (TPSA) is 59.1 Å². The number of imide groups is 1. The molecule has 2 aliphatic rings. The molecule has 1 atom stereocenters. The number of ether oxygens (including phenoxy) is 2. The number of rotatable bonds is 8. The van der Waals surface area contributed by atoms with Gasteiger partial charge in [0.1, 0.15) is 5.75 Å². The van der Waals surface area contributed by atoms with Crippen molar-refractivity contribution in [2.24, 2.45) is 0 Å². The Kier molecular flexibility index (Phi) is 6.63. The van der Waals surface area contributed by atoms with Crippen LogP contribution in [0, 0.1) is 0 Å². The molecule has 0 unspecified atom stereocenters. The van der Waals surface area contributed by atoms with E-state index >= 15 is 0 Å². The molecule has 0 N–H and O–H groups in total. The summed E-state index contributed by atoms with van der Waals surface area (Å²) in [5.41, 5.74) is 0.620. The molecule has 1 aromatic carbocycles. The van der Waals surface area contributed by atoms with E-state index in [1.54, 1.807) is 12.1 Å². The quantitative estimate of drug-likeness (QED) is 0.527. The van der Waals surface area contributed by atoms with E-state index in [1.165, 1.54) is 24.2 Å². The average molecular weight is 360 g/mol. The van der Waals surface area contributed by atoms with E-state index in [0.29, 0.717) is 38.6 Å². The fraction of sp³-hybridized carbons (Fsp3) is 0.600. The van der Waals surface area contributed by atoms with E-state index < -0.39 is 0 Å². The highest BCUT2D eigenvalue weighted by atomic mass is 16.5. The summed E-state index contributed by atoms with van der Waals surface area (Å²) in [5, 5.41) is 0. The van der Waals surface area contributed by atoms with Crippen molar-refractivity contribution in [3.63, 3.8) is 0 Å². The Balaban J connectivity index is 1.58. The number of hydrogen-bond acceptors (Lipinski definition) is 5. The standard InChI is InChI=1S/C20H28N2O4/c1-2-3-4-5-12-26-17-8-6-16(7-9-17)22-19(23)15-18(20(22)24)21-10-13-25-14-11-21/h6-9,18H,2-5,10-15H2,1H3/t18-/m1/s1. The summed E-state index contributed by atoms with van der Waals surface area (Å²) in [6.45, 7) is 5.50. The molecule has 6 nitrogen and oxygen atoms in total. The van der Waals surface area contributed by atoms with Gasteiger partial charge in [-0.15, -0.1) is 0 Å². The summed E-state index contributed by atoms with van der Waals surface area (Å²) in [6.07, 6.45) is 4.90. The van der Waals surface area contributed by atoms with Crippen molar-refractivity contribution in [2.75, 3.05) is 37.8 Å².